The number of hydrogen-bond donors (Lipinski definition) is 1. The fourth-order valence-corrected chi connectivity index (χ4v) is 1.58. The van der Waals surface area contributed by atoms with Crippen LogP contribution in [0.2, 0.25) is 0 Å². The van der Waals surface area contributed by atoms with Gasteiger partial charge in [-0.25, -0.2) is 0 Å². The van der Waals surface area contributed by atoms with Crippen LogP contribution in [0.3, 0.4) is 0 Å². The second-order valence-electron chi connectivity index (χ2n) is 2.11. The molecule has 54 valence electrons. The molecule has 1 heterocycles. The Balaban J connectivity index is 2.74. The van der Waals surface area contributed by atoms with Crippen LogP contribution >= 0.6 is 11.3 Å². The Hall–Kier alpha value is -0.600. The van der Waals surface area contributed by atoms with Crippen LogP contribution in [0.25, 0.3) is 6.08 Å². The number of aryl methyl sites for hydroxylation is 1. The normalized spacial score (nSPS) is 11.0. The van der Waals surface area contributed by atoms with E-state index in [-0.39, 0.29) is 0 Å². The van der Waals surface area contributed by atoms with Gasteiger partial charge >= 0.3 is 0 Å². The van der Waals surface area contributed by atoms with E-state index in [1.165, 1.54) is 10.4 Å². The van der Waals surface area contributed by atoms with E-state index < -0.39 is 0 Å². The fraction of sp³-hybridized carbons (Fsp3) is 0.250. The summed E-state index contributed by atoms with van der Waals surface area (Å²) in [7, 11) is 0. The minimum atomic E-state index is 0.622. The zero-order valence-electron chi connectivity index (χ0n) is 6.00. The monoisotopic (exact) mass is 153 g/mol. The molecule has 1 aromatic rings. The van der Waals surface area contributed by atoms with E-state index in [1.807, 2.05) is 6.08 Å². The molecule has 10 heavy (non-hydrogen) atoms. The van der Waals surface area contributed by atoms with Crippen LogP contribution in [0.1, 0.15) is 10.4 Å². The quantitative estimate of drug-likeness (QED) is 0.691. The summed E-state index contributed by atoms with van der Waals surface area (Å²) in [6.07, 6.45) is 4.04. The third-order valence-corrected chi connectivity index (χ3v) is 2.29. The van der Waals surface area contributed by atoms with Gasteiger partial charge in [0.2, 0.25) is 0 Å². The van der Waals surface area contributed by atoms with E-state index in [2.05, 4.69) is 24.4 Å². The summed E-state index contributed by atoms with van der Waals surface area (Å²) in [5.41, 5.74) is 6.64. The van der Waals surface area contributed by atoms with Gasteiger partial charge < -0.3 is 5.73 Å². The van der Waals surface area contributed by atoms with Gasteiger partial charge in [0, 0.05) is 11.4 Å². The molecule has 0 aliphatic heterocycles. The third kappa shape index (κ3) is 1.69. The largest absolute Gasteiger partial charge is 0.327 e. The summed E-state index contributed by atoms with van der Waals surface area (Å²) in [6, 6.07) is 2.11. The molecule has 1 aromatic heterocycles. The third-order valence-electron chi connectivity index (χ3n) is 1.31. The number of nitrogens with two attached hydrogens (primary N) is 1. The molecular formula is C8H11NS. The van der Waals surface area contributed by atoms with Gasteiger partial charge in [0.1, 0.15) is 0 Å². The SMILES string of the molecule is Cc1ccsc1/C=C/CN. The van der Waals surface area contributed by atoms with Crippen molar-refractivity contribution in [1.82, 2.24) is 0 Å². The summed E-state index contributed by atoms with van der Waals surface area (Å²) in [5, 5.41) is 2.09. The zero-order chi connectivity index (χ0) is 7.40. The number of rotatable bonds is 2. The molecule has 0 aromatic carbocycles. The topological polar surface area (TPSA) is 26.0 Å². The lowest BCUT2D eigenvalue weighted by atomic mass is 10.3. The standard InChI is InChI=1S/C8H11NS/c1-7-4-6-10-8(7)3-2-5-9/h2-4,6H,5,9H2,1H3/b3-2+. The summed E-state index contributed by atoms with van der Waals surface area (Å²) >= 11 is 1.75. The highest BCUT2D eigenvalue weighted by molar-refractivity contribution is 7.11. The molecule has 0 saturated carbocycles. The van der Waals surface area contributed by atoms with Crippen molar-refractivity contribution >= 4 is 17.4 Å². The van der Waals surface area contributed by atoms with Crippen LogP contribution in [0.5, 0.6) is 0 Å². The van der Waals surface area contributed by atoms with E-state index in [1.54, 1.807) is 11.3 Å². The first kappa shape index (κ1) is 7.51. The van der Waals surface area contributed by atoms with Crippen LogP contribution in [-0.2, 0) is 0 Å². The molecule has 0 spiro atoms. The first-order chi connectivity index (χ1) is 4.84. The van der Waals surface area contributed by atoms with E-state index >= 15 is 0 Å². The Morgan fingerprint density at radius 1 is 1.70 bits per heavy atom. The highest BCUT2D eigenvalue weighted by Gasteiger charge is 1.91. The zero-order valence-corrected chi connectivity index (χ0v) is 6.82. The van der Waals surface area contributed by atoms with Gasteiger partial charge in [0.05, 0.1) is 0 Å². The Labute approximate surface area is 65.2 Å². The highest BCUT2D eigenvalue weighted by Crippen LogP contribution is 2.16. The van der Waals surface area contributed by atoms with Gasteiger partial charge in [0.15, 0.2) is 0 Å². The van der Waals surface area contributed by atoms with Crippen LogP contribution < -0.4 is 5.73 Å². The Bertz CT molecular complexity index is 225. The van der Waals surface area contributed by atoms with Gasteiger partial charge in [-0.3, -0.25) is 0 Å². The van der Waals surface area contributed by atoms with E-state index in [0.717, 1.165) is 0 Å². The fourth-order valence-electron chi connectivity index (χ4n) is 0.730. The van der Waals surface area contributed by atoms with Crippen molar-refractivity contribution in [3.05, 3.63) is 28.0 Å². The lowest BCUT2D eigenvalue weighted by Crippen LogP contribution is -1.91. The number of hydrogen-bond acceptors (Lipinski definition) is 2. The molecule has 0 atom stereocenters. The molecule has 0 radical (unpaired) electrons. The van der Waals surface area contributed by atoms with Gasteiger partial charge in [-0.1, -0.05) is 6.08 Å². The van der Waals surface area contributed by atoms with E-state index in [4.69, 9.17) is 5.73 Å². The molecule has 0 fully saturated rings. The molecule has 0 aliphatic rings. The first-order valence-electron chi connectivity index (χ1n) is 3.25. The van der Waals surface area contributed by atoms with Crippen molar-refractivity contribution in [3.63, 3.8) is 0 Å². The molecule has 0 saturated heterocycles. The second kappa shape index (κ2) is 3.54. The Morgan fingerprint density at radius 2 is 2.50 bits per heavy atom. The van der Waals surface area contributed by atoms with Crippen LogP contribution in [0.15, 0.2) is 17.5 Å². The minimum Gasteiger partial charge on any atom is -0.327 e. The van der Waals surface area contributed by atoms with Crippen molar-refractivity contribution in [2.75, 3.05) is 6.54 Å². The Morgan fingerprint density at radius 3 is 3.00 bits per heavy atom. The van der Waals surface area contributed by atoms with Crippen LogP contribution in [-0.4, -0.2) is 6.54 Å². The number of thiophene rings is 1. The average Bonchev–Trinajstić information content (AvgIpc) is 2.31. The van der Waals surface area contributed by atoms with Gasteiger partial charge in [-0.05, 0) is 30.0 Å². The van der Waals surface area contributed by atoms with Crippen molar-refractivity contribution in [2.24, 2.45) is 5.73 Å². The maximum Gasteiger partial charge on any atom is 0.0296 e. The van der Waals surface area contributed by atoms with E-state index in [9.17, 15) is 0 Å². The summed E-state index contributed by atoms with van der Waals surface area (Å²) < 4.78 is 0. The highest BCUT2D eigenvalue weighted by atomic mass is 32.1. The lowest BCUT2D eigenvalue weighted by molar-refractivity contribution is 1.26. The van der Waals surface area contributed by atoms with Crippen molar-refractivity contribution in [3.8, 4) is 0 Å². The predicted octanol–water partition coefficient (Wildman–Crippen LogP) is 2.03. The van der Waals surface area contributed by atoms with Crippen LogP contribution in [0.4, 0.5) is 0 Å². The minimum absolute atomic E-state index is 0.622. The van der Waals surface area contributed by atoms with E-state index in [0.29, 0.717) is 6.54 Å². The lowest BCUT2D eigenvalue weighted by Gasteiger charge is -1.86. The van der Waals surface area contributed by atoms with Gasteiger partial charge in [-0.15, -0.1) is 11.3 Å². The second-order valence-corrected chi connectivity index (χ2v) is 3.05. The van der Waals surface area contributed by atoms with Crippen molar-refractivity contribution < 1.29 is 0 Å². The summed E-state index contributed by atoms with van der Waals surface area (Å²) in [4.78, 5) is 1.31. The first-order valence-corrected chi connectivity index (χ1v) is 4.13. The molecule has 0 bridgehead atoms. The van der Waals surface area contributed by atoms with Crippen LogP contribution in [0, 0.1) is 6.92 Å². The molecule has 0 unspecified atom stereocenters. The molecule has 2 heteroatoms. The maximum absolute atomic E-state index is 5.31. The van der Waals surface area contributed by atoms with Gasteiger partial charge in [-0.2, -0.15) is 0 Å². The van der Waals surface area contributed by atoms with Crippen molar-refractivity contribution in [1.29, 1.82) is 0 Å². The average molecular weight is 153 g/mol. The molecule has 2 N–H and O–H groups in total. The summed E-state index contributed by atoms with van der Waals surface area (Å²) in [6.45, 7) is 2.73. The molecule has 0 aliphatic carbocycles. The molecule has 0 amide bonds. The summed E-state index contributed by atoms with van der Waals surface area (Å²) in [5.74, 6) is 0. The Kier molecular flexibility index (Phi) is 2.66. The molecule has 1 nitrogen and oxygen atoms in total. The smallest absolute Gasteiger partial charge is 0.0296 e. The maximum atomic E-state index is 5.31. The predicted molar refractivity (Wildman–Crippen MR) is 47.1 cm³/mol. The van der Waals surface area contributed by atoms with Crippen molar-refractivity contribution in [2.45, 2.75) is 6.92 Å². The molecular weight excluding hydrogens is 142 g/mol. The molecule has 1 rings (SSSR count). The van der Waals surface area contributed by atoms with Gasteiger partial charge in [0.25, 0.3) is 0 Å².